The summed E-state index contributed by atoms with van der Waals surface area (Å²) in [7, 11) is 0. The SMILES string of the molecule is CC1(C)SC(=S)N(/N=C/c2ccccc2F)C1N(O)C(=O)Nc1ccc(Cl)cc1. The topological polar surface area (TPSA) is 68.2 Å². The molecule has 1 fully saturated rings. The number of benzene rings is 2. The first-order chi connectivity index (χ1) is 13.7. The van der Waals surface area contributed by atoms with E-state index in [0.29, 0.717) is 20.1 Å². The molecule has 0 bridgehead atoms. The summed E-state index contributed by atoms with van der Waals surface area (Å²) in [6.07, 6.45) is 0.400. The second-order valence-electron chi connectivity index (χ2n) is 6.74. The van der Waals surface area contributed by atoms with Gasteiger partial charge in [-0.25, -0.2) is 14.2 Å². The Bertz CT molecular complexity index is 955. The fourth-order valence-corrected chi connectivity index (χ4v) is 4.67. The molecule has 152 valence electrons. The molecule has 0 aromatic heterocycles. The van der Waals surface area contributed by atoms with Gasteiger partial charge in [0, 0.05) is 16.3 Å². The summed E-state index contributed by atoms with van der Waals surface area (Å²) in [6, 6.07) is 11.8. The molecule has 2 amide bonds. The summed E-state index contributed by atoms with van der Waals surface area (Å²) in [6.45, 7) is 3.65. The second kappa shape index (κ2) is 8.66. The van der Waals surface area contributed by atoms with Crippen LogP contribution in [0.5, 0.6) is 0 Å². The maximum Gasteiger partial charge on any atom is 0.347 e. The van der Waals surface area contributed by atoms with Gasteiger partial charge in [0.25, 0.3) is 0 Å². The molecule has 0 spiro atoms. The van der Waals surface area contributed by atoms with Crippen LogP contribution in [-0.2, 0) is 0 Å². The highest BCUT2D eigenvalue weighted by Gasteiger charge is 2.50. The van der Waals surface area contributed by atoms with Crippen molar-refractivity contribution in [3.63, 3.8) is 0 Å². The molecule has 29 heavy (non-hydrogen) atoms. The first kappa shape index (κ1) is 21.5. The van der Waals surface area contributed by atoms with Gasteiger partial charge in [-0.3, -0.25) is 5.21 Å². The van der Waals surface area contributed by atoms with Gasteiger partial charge in [0.05, 0.1) is 11.0 Å². The van der Waals surface area contributed by atoms with Gasteiger partial charge in [-0.2, -0.15) is 10.2 Å². The van der Waals surface area contributed by atoms with E-state index in [0.717, 1.165) is 0 Å². The molecule has 6 nitrogen and oxygen atoms in total. The van der Waals surface area contributed by atoms with Gasteiger partial charge < -0.3 is 5.32 Å². The fourth-order valence-electron chi connectivity index (χ4n) is 2.76. The molecular weight excluding hydrogens is 435 g/mol. The van der Waals surface area contributed by atoms with E-state index < -0.39 is 22.8 Å². The number of thiocarbonyl (C=S) groups is 1. The number of halogens is 2. The Balaban J connectivity index is 1.83. The summed E-state index contributed by atoms with van der Waals surface area (Å²) in [5.74, 6) is -0.439. The van der Waals surface area contributed by atoms with E-state index in [1.807, 2.05) is 13.8 Å². The molecule has 1 saturated heterocycles. The smallest absolute Gasteiger partial charge is 0.306 e. The number of thioether (sulfide) groups is 1. The highest BCUT2D eigenvalue weighted by molar-refractivity contribution is 8.24. The molecule has 0 aliphatic carbocycles. The zero-order valence-corrected chi connectivity index (χ0v) is 17.9. The Morgan fingerprint density at radius 1 is 1.34 bits per heavy atom. The highest BCUT2D eigenvalue weighted by atomic mass is 35.5. The monoisotopic (exact) mass is 452 g/mol. The average molecular weight is 453 g/mol. The molecule has 1 aliphatic rings. The van der Waals surface area contributed by atoms with Crippen molar-refractivity contribution in [1.82, 2.24) is 10.1 Å². The van der Waals surface area contributed by atoms with Gasteiger partial charge in [0.1, 0.15) is 5.82 Å². The lowest BCUT2D eigenvalue weighted by atomic mass is 10.1. The number of anilines is 1. The third-order valence-corrected chi connectivity index (χ3v) is 5.94. The number of nitrogens with zero attached hydrogens (tertiary/aromatic N) is 3. The Kier molecular flexibility index (Phi) is 6.42. The number of hydrogen-bond acceptors (Lipinski definition) is 5. The average Bonchev–Trinajstić information content (AvgIpc) is 2.90. The molecule has 0 radical (unpaired) electrons. The fraction of sp³-hybridized carbons (Fsp3) is 0.211. The van der Waals surface area contributed by atoms with Gasteiger partial charge in [0.2, 0.25) is 0 Å². The van der Waals surface area contributed by atoms with Gasteiger partial charge in [-0.05, 0) is 44.2 Å². The molecule has 1 heterocycles. The quantitative estimate of drug-likeness (QED) is 0.290. The van der Waals surface area contributed by atoms with Crippen molar-refractivity contribution in [3.05, 3.63) is 64.9 Å². The van der Waals surface area contributed by atoms with E-state index >= 15 is 0 Å². The van der Waals surface area contributed by atoms with Crippen LogP contribution in [-0.4, -0.2) is 42.8 Å². The number of rotatable bonds is 4. The normalized spacial score (nSPS) is 18.3. The first-order valence-electron chi connectivity index (χ1n) is 8.54. The van der Waals surface area contributed by atoms with Crippen molar-refractivity contribution < 1.29 is 14.4 Å². The van der Waals surface area contributed by atoms with E-state index in [-0.39, 0.29) is 5.56 Å². The molecule has 2 aromatic rings. The summed E-state index contributed by atoms with van der Waals surface area (Å²) in [5.41, 5.74) is 0.727. The molecule has 10 heteroatoms. The minimum Gasteiger partial charge on any atom is -0.306 e. The van der Waals surface area contributed by atoms with Crippen LogP contribution < -0.4 is 5.32 Å². The Labute approximate surface area is 182 Å². The standard InChI is InChI=1S/C19H18ClFN4O2S2/c1-19(2)16(25(27)17(26)23-14-9-7-13(20)8-10-14)24(18(28)29-19)22-11-12-5-3-4-6-15(12)21/h3-11,16,27H,1-2H3,(H,23,26)/b22-11+. The van der Waals surface area contributed by atoms with Crippen molar-refractivity contribution in [1.29, 1.82) is 0 Å². The number of amides is 2. The first-order valence-corrected chi connectivity index (χ1v) is 10.1. The summed E-state index contributed by atoms with van der Waals surface area (Å²) >= 11 is 12.5. The van der Waals surface area contributed by atoms with Crippen LogP contribution in [0.25, 0.3) is 0 Å². The molecule has 1 aliphatic heterocycles. The number of hydrogen-bond donors (Lipinski definition) is 2. The number of nitrogens with one attached hydrogen (secondary N) is 1. The van der Waals surface area contributed by atoms with Gasteiger partial charge in [-0.1, -0.05) is 53.8 Å². The summed E-state index contributed by atoms with van der Waals surface area (Å²) in [5, 5.41) is 19.9. The lowest BCUT2D eigenvalue weighted by molar-refractivity contribution is -0.114. The largest absolute Gasteiger partial charge is 0.347 e. The number of carbonyl (C=O) groups excluding carboxylic acids is 1. The maximum atomic E-state index is 13.9. The zero-order chi connectivity index (χ0) is 21.2. The minimum absolute atomic E-state index is 0.263. The zero-order valence-electron chi connectivity index (χ0n) is 15.5. The summed E-state index contributed by atoms with van der Waals surface area (Å²) in [4.78, 5) is 12.6. The van der Waals surface area contributed by atoms with E-state index in [4.69, 9.17) is 23.8 Å². The van der Waals surface area contributed by atoms with Gasteiger partial charge in [0.15, 0.2) is 10.5 Å². The number of hydrazone groups is 1. The third kappa shape index (κ3) is 4.87. The van der Waals surface area contributed by atoms with Gasteiger partial charge in [-0.15, -0.1) is 0 Å². The van der Waals surface area contributed by atoms with E-state index in [2.05, 4.69) is 10.4 Å². The van der Waals surface area contributed by atoms with Crippen molar-refractivity contribution in [3.8, 4) is 0 Å². The van der Waals surface area contributed by atoms with Crippen molar-refractivity contribution in [2.75, 3.05) is 5.32 Å². The molecule has 0 saturated carbocycles. The molecule has 1 unspecified atom stereocenters. The van der Waals surface area contributed by atoms with Crippen LogP contribution in [0.4, 0.5) is 14.9 Å². The minimum atomic E-state index is -0.907. The van der Waals surface area contributed by atoms with E-state index in [9.17, 15) is 14.4 Å². The lowest BCUT2D eigenvalue weighted by Crippen LogP contribution is -2.54. The highest BCUT2D eigenvalue weighted by Crippen LogP contribution is 2.42. The van der Waals surface area contributed by atoms with Crippen LogP contribution in [0, 0.1) is 5.82 Å². The second-order valence-corrected chi connectivity index (χ2v) is 9.46. The molecule has 1 atom stereocenters. The van der Waals surface area contributed by atoms with E-state index in [1.165, 1.54) is 29.1 Å². The Hall–Kier alpha value is -2.20. The Morgan fingerprint density at radius 2 is 2.00 bits per heavy atom. The van der Waals surface area contributed by atoms with Crippen molar-refractivity contribution >= 4 is 57.8 Å². The third-order valence-electron chi connectivity index (χ3n) is 4.15. The van der Waals surface area contributed by atoms with Crippen LogP contribution in [0.1, 0.15) is 19.4 Å². The van der Waals surface area contributed by atoms with Crippen LogP contribution in [0.2, 0.25) is 5.02 Å². The Morgan fingerprint density at radius 3 is 2.66 bits per heavy atom. The maximum absolute atomic E-state index is 13.9. The summed E-state index contributed by atoms with van der Waals surface area (Å²) < 4.78 is 13.6. The predicted molar refractivity (Wildman–Crippen MR) is 118 cm³/mol. The molecule has 3 rings (SSSR count). The lowest BCUT2D eigenvalue weighted by Gasteiger charge is -2.34. The molecule has 2 N–H and O–H groups in total. The molecule has 2 aromatic carbocycles. The predicted octanol–water partition coefficient (Wildman–Crippen LogP) is 5.17. The number of urea groups is 1. The van der Waals surface area contributed by atoms with Crippen LogP contribution in [0.3, 0.4) is 0 Å². The van der Waals surface area contributed by atoms with Crippen LogP contribution >= 0.6 is 35.6 Å². The van der Waals surface area contributed by atoms with Gasteiger partial charge >= 0.3 is 6.03 Å². The number of carbonyl (C=O) groups is 1. The van der Waals surface area contributed by atoms with Crippen molar-refractivity contribution in [2.24, 2.45) is 5.10 Å². The molecular formula is C19H18ClFN4O2S2. The van der Waals surface area contributed by atoms with E-state index in [1.54, 1.807) is 42.5 Å². The van der Waals surface area contributed by atoms with Crippen molar-refractivity contribution in [2.45, 2.75) is 24.8 Å². The van der Waals surface area contributed by atoms with Crippen LogP contribution in [0.15, 0.2) is 53.6 Å². The number of hydroxylamine groups is 2.